The van der Waals surface area contributed by atoms with Gasteiger partial charge in [0.2, 0.25) is 10.0 Å². The smallest absolute Gasteiger partial charge is 0.307 e. The van der Waals surface area contributed by atoms with Crippen LogP contribution in [-0.4, -0.2) is 42.9 Å². The minimum atomic E-state index is -3.86. The average Bonchev–Trinajstić information content (AvgIpc) is 2.65. The van der Waals surface area contributed by atoms with Gasteiger partial charge in [0.25, 0.3) is 0 Å². The lowest BCUT2D eigenvalue weighted by molar-refractivity contribution is -0.142. The van der Waals surface area contributed by atoms with Crippen LogP contribution in [0.15, 0.2) is 18.2 Å². The average molecular weight is 401 g/mol. The Morgan fingerprint density at radius 3 is 2.67 bits per heavy atom. The van der Waals surface area contributed by atoms with Crippen molar-refractivity contribution in [3.05, 3.63) is 34.6 Å². The van der Waals surface area contributed by atoms with Crippen LogP contribution in [0, 0.1) is 11.7 Å². The van der Waals surface area contributed by atoms with Crippen LogP contribution in [0.25, 0.3) is 0 Å². The Kier molecular flexibility index (Phi) is 7.43. The monoisotopic (exact) mass is 400 g/mol. The maximum Gasteiger partial charge on any atom is 0.307 e. The van der Waals surface area contributed by atoms with E-state index in [2.05, 4.69) is 0 Å². The van der Waals surface area contributed by atoms with Crippen molar-refractivity contribution >= 4 is 40.0 Å². The molecule has 1 aliphatic heterocycles. The van der Waals surface area contributed by atoms with Crippen LogP contribution in [0.5, 0.6) is 0 Å². The molecule has 0 aliphatic carbocycles. The molecule has 1 aromatic carbocycles. The van der Waals surface area contributed by atoms with Crippen LogP contribution < -0.4 is 5.73 Å². The van der Waals surface area contributed by atoms with E-state index in [9.17, 15) is 22.7 Å². The summed E-state index contributed by atoms with van der Waals surface area (Å²) < 4.78 is 39.5. The minimum absolute atomic E-state index is 0. The van der Waals surface area contributed by atoms with Crippen molar-refractivity contribution in [3.63, 3.8) is 0 Å². The largest absolute Gasteiger partial charge is 0.481 e. The molecule has 1 heterocycles. The third-order valence-corrected chi connectivity index (χ3v) is 5.97. The minimum Gasteiger partial charge on any atom is -0.481 e. The summed E-state index contributed by atoms with van der Waals surface area (Å²) in [6, 6.07) is 3.06. The Morgan fingerprint density at radius 2 is 2.04 bits per heavy atom. The van der Waals surface area contributed by atoms with Gasteiger partial charge in [-0.2, -0.15) is 4.31 Å². The van der Waals surface area contributed by atoms with E-state index in [0.29, 0.717) is 12.8 Å². The van der Waals surface area contributed by atoms with Crippen LogP contribution >= 0.6 is 24.0 Å². The van der Waals surface area contributed by atoms with Crippen LogP contribution in [0.2, 0.25) is 5.02 Å². The first-order chi connectivity index (χ1) is 10.7. The van der Waals surface area contributed by atoms with E-state index in [1.165, 1.54) is 6.07 Å². The van der Waals surface area contributed by atoms with E-state index in [0.717, 1.165) is 16.4 Å². The van der Waals surface area contributed by atoms with E-state index in [1.807, 2.05) is 0 Å². The summed E-state index contributed by atoms with van der Waals surface area (Å²) in [7, 11) is -3.86. The Bertz CT molecular complexity index is 702. The summed E-state index contributed by atoms with van der Waals surface area (Å²) in [6.07, 6.45) is 0.757. The summed E-state index contributed by atoms with van der Waals surface area (Å²) in [5, 5.41) is 9.31. The molecule has 0 bridgehead atoms. The molecular formula is C14H19Cl2FN2O4S. The van der Waals surface area contributed by atoms with Crippen molar-refractivity contribution in [3.8, 4) is 0 Å². The molecule has 136 valence electrons. The van der Waals surface area contributed by atoms with Crippen LogP contribution in [-0.2, 0) is 20.6 Å². The summed E-state index contributed by atoms with van der Waals surface area (Å²) in [6.45, 7) is -0.0999. The van der Waals surface area contributed by atoms with Crippen molar-refractivity contribution in [1.29, 1.82) is 0 Å². The van der Waals surface area contributed by atoms with Gasteiger partial charge >= 0.3 is 5.97 Å². The Balaban J connectivity index is 0.00000288. The molecule has 0 spiro atoms. The number of nitrogens with zero attached hydrogens (tertiary/aromatic N) is 1. The fraction of sp³-hybridized carbons (Fsp3) is 0.500. The Morgan fingerprint density at radius 1 is 1.38 bits per heavy atom. The van der Waals surface area contributed by atoms with Crippen LogP contribution in [0.1, 0.15) is 18.4 Å². The van der Waals surface area contributed by atoms with Crippen molar-refractivity contribution in [2.24, 2.45) is 11.7 Å². The van der Waals surface area contributed by atoms with Crippen LogP contribution in [0.3, 0.4) is 0 Å². The second kappa shape index (κ2) is 8.44. The lowest BCUT2D eigenvalue weighted by Gasteiger charge is -2.23. The maximum absolute atomic E-state index is 13.3. The first-order valence-corrected chi connectivity index (χ1v) is 9.08. The standard InChI is InChI=1S/C14H18ClFN2O4S.ClH/c15-13-4-2-11(16)5-10(13)8-23(21,22)18-6-9(14(19)20)1-3-12(17)7-18;/h2,4-5,9,12H,1,3,6-8,17H2,(H,19,20);1H/t9-,12+;/m0./s1. The number of halogens is 3. The molecule has 1 aliphatic rings. The van der Waals surface area contributed by atoms with Crippen molar-refractivity contribution in [2.75, 3.05) is 13.1 Å². The lowest BCUT2D eigenvalue weighted by atomic mass is 10.0. The fourth-order valence-electron chi connectivity index (χ4n) is 2.55. The van der Waals surface area contributed by atoms with Crippen molar-refractivity contribution in [2.45, 2.75) is 24.6 Å². The molecule has 3 N–H and O–H groups in total. The van der Waals surface area contributed by atoms with Gasteiger partial charge < -0.3 is 10.8 Å². The highest BCUT2D eigenvalue weighted by atomic mass is 35.5. The van der Waals surface area contributed by atoms with Gasteiger partial charge in [-0.25, -0.2) is 12.8 Å². The summed E-state index contributed by atoms with van der Waals surface area (Å²) in [4.78, 5) is 11.2. The zero-order valence-corrected chi connectivity index (χ0v) is 15.1. The van der Waals surface area contributed by atoms with Gasteiger partial charge in [-0.15, -0.1) is 12.4 Å². The number of sulfonamides is 1. The van der Waals surface area contributed by atoms with Crippen molar-refractivity contribution < 1.29 is 22.7 Å². The molecule has 24 heavy (non-hydrogen) atoms. The molecule has 1 fully saturated rings. The molecule has 0 aromatic heterocycles. The van der Waals surface area contributed by atoms with E-state index < -0.39 is 39.5 Å². The summed E-state index contributed by atoms with van der Waals surface area (Å²) in [5.41, 5.74) is 5.98. The quantitative estimate of drug-likeness (QED) is 0.802. The van der Waals surface area contributed by atoms with E-state index in [-0.39, 0.29) is 36.1 Å². The molecule has 2 rings (SSSR count). The summed E-state index contributed by atoms with van der Waals surface area (Å²) in [5.74, 6) is -2.94. The highest BCUT2D eigenvalue weighted by molar-refractivity contribution is 7.88. The number of benzene rings is 1. The summed E-state index contributed by atoms with van der Waals surface area (Å²) >= 11 is 5.91. The predicted octanol–water partition coefficient (Wildman–Crippen LogP) is 1.85. The maximum atomic E-state index is 13.3. The normalized spacial score (nSPS) is 22.5. The SMILES string of the molecule is Cl.N[C@@H]1CC[C@H](C(=O)O)CN(S(=O)(=O)Cc2cc(F)ccc2Cl)C1. The molecular weight excluding hydrogens is 382 g/mol. The van der Waals surface area contributed by atoms with Gasteiger partial charge in [0, 0.05) is 24.2 Å². The van der Waals surface area contributed by atoms with Gasteiger partial charge in [0.1, 0.15) is 5.82 Å². The third kappa shape index (κ3) is 5.29. The number of hydrogen-bond donors (Lipinski definition) is 2. The van der Waals surface area contributed by atoms with E-state index in [1.54, 1.807) is 0 Å². The van der Waals surface area contributed by atoms with Crippen LogP contribution in [0.4, 0.5) is 4.39 Å². The topological polar surface area (TPSA) is 101 Å². The zero-order valence-electron chi connectivity index (χ0n) is 12.7. The van der Waals surface area contributed by atoms with Gasteiger partial charge in [-0.05, 0) is 36.6 Å². The number of aliphatic carboxylic acids is 1. The van der Waals surface area contributed by atoms with E-state index >= 15 is 0 Å². The fourth-order valence-corrected chi connectivity index (χ4v) is 4.45. The molecule has 0 unspecified atom stereocenters. The first kappa shape index (κ1) is 21.1. The first-order valence-electron chi connectivity index (χ1n) is 7.09. The van der Waals surface area contributed by atoms with E-state index in [4.69, 9.17) is 17.3 Å². The van der Waals surface area contributed by atoms with Gasteiger partial charge in [-0.1, -0.05) is 11.6 Å². The number of rotatable bonds is 4. The highest BCUT2D eigenvalue weighted by Gasteiger charge is 2.33. The van der Waals surface area contributed by atoms with Gasteiger partial charge in [-0.3, -0.25) is 4.79 Å². The lowest BCUT2D eigenvalue weighted by Crippen LogP contribution is -2.42. The number of carboxylic acid groups (broad SMARTS) is 1. The molecule has 0 radical (unpaired) electrons. The molecule has 1 saturated heterocycles. The second-order valence-corrected chi connectivity index (χ2v) is 8.06. The molecule has 2 atom stereocenters. The van der Waals surface area contributed by atoms with Gasteiger partial charge in [0.05, 0.1) is 11.7 Å². The third-order valence-electron chi connectivity index (χ3n) is 3.84. The number of carbonyl (C=O) groups is 1. The number of nitrogens with two attached hydrogens (primary N) is 1. The molecule has 1 aromatic rings. The van der Waals surface area contributed by atoms with Crippen molar-refractivity contribution in [1.82, 2.24) is 4.31 Å². The number of carboxylic acids is 1. The Hall–Kier alpha value is -0.930. The second-order valence-electron chi connectivity index (χ2n) is 5.68. The number of hydrogen-bond acceptors (Lipinski definition) is 4. The molecule has 6 nitrogen and oxygen atoms in total. The molecule has 0 saturated carbocycles. The highest BCUT2D eigenvalue weighted by Crippen LogP contribution is 2.24. The van der Waals surface area contributed by atoms with Gasteiger partial charge in [0.15, 0.2) is 0 Å². The molecule has 10 heteroatoms. The Labute approximate surface area is 151 Å². The predicted molar refractivity (Wildman–Crippen MR) is 91.2 cm³/mol. The zero-order chi connectivity index (χ0) is 17.2. The molecule has 0 amide bonds.